The Hall–Kier alpha value is -0.810. The molecule has 2 amide bonds. The zero-order valence-electron chi connectivity index (χ0n) is 15.4. The molecule has 3 aliphatic rings. The molecule has 6 heteroatoms. The first-order valence-electron chi connectivity index (χ1n) is 10.0. The molecule has 0 radical (unpaired) electrons. The molecule has 0 spiro atoms. The number of piperidine rings is 1. The fraction of sp³-hybridized carbons (Fsp3) is 0.895. The van der Waals surface area contributed by atoms with Crippen LogP contribution in [0.4, 0.5) is 0 Å². The maximum Gasteiger partial charge on any atom is 0.225 e. The van der Waals surface area contributed by atoms with Gasteiger partial charge in [-0.15, -0.1) is 12.4 Å². The number of carbonyl (C=O) groups is 2. The lowest BCUT2D eigenvalue weighted by atomic mass is 9.88. The molecule has 0 unspecified atom stereocenters. The molecule has 1 saturated carbocycles. The van der Waals surface area contributed by atoms with Gasteiger partial charge in [0.2, 0.25) is 11.8 Å². The van der Waals surface area contributed by atoms with Crippen LogP contribution in [0.3, 0.4) is 0 Å². The molecule has 2 heterocycles. The minimum Gasteiger partial charge on any atom is -0.339 e. The second-order valence-electron chi connectivity index (χ2n) is 7.77. The van der Waals surface area contributed by atoms with Crippen LogP contribution in [-0.4, -0.2) is 60.9 Å². The van der Waals surface area contributed by atoms with Crippen LogP contribution in [0.1, 0.15) is 57.8 Å². The summed E-state index contributed by atoms with van der Waals surface area (Å²) in [5.41, 5.74) is 0. The second-order valence-corrected chi connectivity index (χ2v) is 7.77. The van der Waals surface area contributed by atoms with Crippen molar-refractivity contribution in [3.05, 3.63) is 0 Å². The fourth-order valence-electron chi connectivity index (χ4n) is 4.44. The Kier molecular flexibility index (Phi) is 8.50. The van der Waals surface area contributed by atoms with Gasteiger partial charge in [0.1, 0.15) is 0 Å². The van der Waals surface area contributed by atoms with E-state index in [0.29, 0.717) is 24.2 Å². The van der Waals surface area contributed by atoms with Gasteiger partial charge in [-0.3, -0.25) is 9.59 Å². The summed E-state index contributed by atoms with van der Waals surface area (Å²) in [6, 6.07) is 0. The van der Waals surface area contributed by atoms with Crippen molar-refractivity contribution >= 4 is 24.2 Å². The molecule has 0 bridgehead atoms. The topological polar surface area (TPSA) is 52.7 Å². The normalized spacial score (nSPS) is 23.2. The van der Waals surface area contributed by atoms with Crippen LogP contribution in [0.15, 0.2) is 0 Å². The average molecular weight is 372 g/mol. The highest BCUT2D eigenvalue weighted by Gasteiger charge is 2.29. The molecule has 2 aliphatic heterocycles. The van der Waals surface area contributed by atoms with Gasteiger partial charge in [0.25, 0.3) is 0 Å². The van der Waals surface area contributed by atoms with E-state index in [4.69, 9.17) is 0 Å². The number of nitrogens with one attached hydrogen (secondary N) is 1. The Balaban J connectivity index is 0.00000225. The number of hydrogen-bond acceptors (Lipinski definition) is 3. The summed E-state index contributed by atoms with van der Waals surface area (Å²) in [7, 11) is 0. The third-order valence-corrected chi connectivity index (χ3v) is 6.12. The molecule has 1 aliphatic carbocycles. The van der Waals surface area contributed by atoms with E-state index in [1.807, 2.05) is 9.80 Å². The largest absolute Gasteiger partial charge is 0.339 e. The van der Waals surface area contributed by atoms with Gasteiger partial charge in [0.15, 0.2) is 0 Å². The van der Waals surface area contributed by atoms with Crippen LogP contribution in [0.25, 0.3) is 0 Å². The Morgan fingerprint density at radius 1 is 0.840 bits per heavy atom. The van der Waals surface area contributed by atoms with E-state index >= 15 is 0 Å². The first kappa shape index (κ1) is 20.5. The number of halogens is 1. The highest BCUT2D eigenvalue weighted by molar-refractivity contribution is 5.85. The predicted octanol–water partition coefficient (Wildman–Crippen LogP) is 2.44. The number of piperazine rings is 1. The van der Waals surface area contributed by atoms with E-state index in [0.717, 1.165) is 58.5 Å². The second kappa shape index (κ2) is 10.4. The van der Waals surface area contributed by atoms with E-state index in [9.17, 15) is 9.59 Å². The van der Waals surface area contributed by atoms with Crippen LogP contribution in [0.5, 0.6) is 0 Å². The third kappa shape index (κ3) is 5.85. The van der Waals surface area contributed by atoms with Crippen LogP contribution >= 0.6 is 12.4 Å². The Morgan fingerprint density at radius 2 is 1.44 bits per heavy atom. The van der Waals surface area contributed by atoms with E-state index in [1.54, 1.807) is 0 Å². The summed E-state index contributed by atoms with van der Waals surface area (Å²) in [5.74, 6) is 1.60. The number of rotatable bonds is 4. The number of hydrogen-bond donors (Lipinski definition) is 1. The van der Waals surface area contributed by atoms with Crippen molar-refractivity contribution in [1.29, 1.82) is 0 Å². The number of nitrogens with zero attached hydrogens (tertiary/aromatic N) is 2. The van der Waals surface area contributed by atoms with Crippen LogP contribution in [-0.2, 0) is 9.59 Å². The molecule has 1 N–H and O–H groups in total. The number of carbonyl (C=O) groups excluding carboxylic acids is 2. The lowest BCUT2D eigenvalue weighted by Gasteiger charge is -2.37. The summed E-state index contributed by atoms with van der Waals surface area (Å²) in [4.78, 5) is 29.0. The van der Waals surface area contributed by atoms with Gasteiger partial charge in [-0.25, -0.2) is 0 Å². The van der Waals surface area contributed by atoms with Crippen LogP contribution in [0.2, 0.25) is 0 Å². The molecule has 0 atom stereocenters. The minimum atomic E-state index is 0. The Labute approximate surface area is 158 Å². The monoisotopic (exact) mass is 371 g/mol. The Bertz CT molecular complexity index is 426. The Morgan fingerprint density at radius 3 is 2.08 bits per heavy atom. The molecule has 2 saturated heterocycles. The first-order valence-corrected chi connectivity index (χ1v) is 10.0. The summed E-state index contributed by atoms with van der Waals surface area (Å²) >= 11 is 0. The van der Waals surface area contributed by atoms with E-state index < -0.39 is 0 Å². The van der Waals surface area contributed by atoms with Crippen molar-refractivity contribution in [1.82, 2.24) is 15.1 Å². The fourth-order valence-corrected chi connectivity index (χ4v) is 4.44. The van der Waals surface area contributed by atoms with E-state index in [2.05, 4.69) is 5.32 Å². The van der Waals surface area contributed by atoms with E-state index in [1.165, 1.54) is 32.1 Å². The number of amides is 2. The maximum absolute atomic E-state index is 12.6. The highest BCUT2D eigenvalue weighted by Crippen LogP contribution is 2.26. The summed E-state index contributed by atoms with van der Waals surface area (Å²) in [6.45, 7) is 5.11. The van der Waals surface area contributed by atoms with Crippen molar-refractivity contribution in [2.24, 2.45) is 11.8 Å². The summed E-state index contributed by atoms with van der Waals surface area (Å²) in [5, 5.41) is 3.38. The molecule has 25 heavy (non-hydrogen) atoms. The zero-order chi connectivity index (χ0) is 16.8. The molecule has 0 aromatic rings. The molecule has 0 aromatic carbocycles. The first-order chi connectivity index (χ1) is 11.7. The van der Waals surface area contributed by atoms with Crippen molar-refractivity contribution in [3.63, 3.8) is 0 Å². The molecular formula is C19H34ClN3O2. The van der Waals surface area contributed by atoms with Gasteiger partial charge in [-0.2, -0.15) is 0 Å². The third-order valence-electron chi connectivity index (χ3n) is 6.12. The maximum atomic E-state index is 12.6. The smallest absolute Gasteiger partial charge is 0.225 e. The average Bonchev–Trinajstić information content (AvgIpc) is 2.67. The molecule has 144 valence electrons. The molecular weight excluding hydrogens is 338 g/mol. The van der Waals surface area contributed by atoms with Crippen molar-refractivity contribution in [2.45, 2.75) is 57.8 Å². The minimum absolute atomic E-state index is 0. The molecule has 3 rings (SSSR count). The van der Waals surface area contributed by atoms with E-state index in [-0.39, 0.29) is 18.3 Å². The summed E-state index contributed by atoms with van der Waals surface area (Å²) in [6.07, 6.45) is 9.93. The van der Waals surface area contributed by atoms with Crippen molar-refractivity contribution < 1.29 is 9.59 Å². The van der Waals surface area contributed by atoms with Crippen LogP contribution < -0.4 is 5.32 Å². The standard InChI is InChI=1S/C19H33N3O2.ClH/c23-18(7-6-16-8-10-20-11-9-16)21-12-14-22(15-13-21)19(24)17-4-2-1-3-5-17;/h16-17,20H,1-15H2;1H. The zero-order valence-corrected chi connectivity index (χ0v) is 16.2. The van der Waals surface area contributed by atoms with Gasteiger partial charge in [0, 0.05) is 38.5 Å². The van der Waals surface area contributed by atoms with Gasteiger partial charge in [0.05, 0.1) is 0 Å². The van der Waals surface area contributed by atoms with Gasteiger partial charge < -0.3 is 15.1 Å². The van der Waals surface area contributed by atoms with Crippen molar-refractivity contribution in [3.8, 4) is 0 Å². The quantitative estimate of drug-likeness (QED) is 0.825. The van der Waals surface area contributed by atoms with Crippen molar-refractivity contribution in [2.75, 3.05) is 39.3 Å². The predicted molar refractivity (Wildman–Crippen MR) is 102 cm³/mol. The highest BCUT2D eigenvalue weighted by atomic mass is 35.5. The van der Waals surface area contributed by atoms with Gasteiger partial charge in [-0.1, -0.05) is 19.3 Å². The van der Waals surface area contributed by atoms with Gasteiger partial charge in [-0.05, 0) is 51.1 Å². The van der Waals surface area contributed by atoms with Gasteiger partial charge >= 0.3 is 0 Å². The van der Waals surface area contributed by atoms with Crippen LogP contribution in [0, 0.1) is 11.8 Å². The lowest BCUT2D eigenvalue weighted by molar-refractivity contribution is -0.143. The molecule has 5 nitrogen and oxygen atoms in total. The summed E-state index contributed by atoms with van der Waals surface area (Å²) < 4.78 is 0. The lowest BCUT2D eigenvalue weighted by Crippen LogP contribution is -2.52. The molecule has 3 fully saturated rings. The molecule has 0 aromatic heterocycles. The SMILES string of the molecule is Cl.O=C(CCC1CCNCC1)N1CCN(C(=O)C2CCCCC2)CC1.